The molecule has 1 aromatic heterocycles. The molecule has 4 rings (SSSR count). The molecule has 1 aliphatic carbocycles. The minimum absolute atomic E-state index is 0.0742. The number of hydrogen-bond acceptors (Lipinski definition) is 6. The molecule has 1 saturated carbocycles. The van der Waals surface area contributed by atoms with Crippen LogP contribution in [0.25, 0.3) is 0 Å². The zero-order chi connectivity index (χ0) is 29.9. The van der Waals surface area contributed by atoms with E-state index in [4.69, 9.17) is 16.3 Å². The molecule has 2 aliphatic rings. The molecule has 0 unspecified atom stereocenters. The topological polar surface area (TPSA) is 91.0 Å². The van der Waals surface area contributed by atoms with Gasteiger partial charge in [-0.25, -0.2) is 0 Å². The first kappa shape index (κ1) is 31.3. The number of nitrogens with zero attached hydrogens (tertiary/aromatic N) is 2. The molecule has 1 saturated heterocycles. The molecular formula is C28H34ClF3N4O4S. The molecule has 2 aromatic rings. The van der Waals surface area contributed by atoms with Crippen molar-refractivity contribution in [2.75, 3.05) is 49.6 Å². The maximum atomic E-state index is 14.2. The van der Waals surface area contributed by atoms with E-state index in [9.17, 15) is 27.6 Å². The average Bonchev–Trinajstić information content (AvgIpc) is 3.59. The fraction of sp³-hybridized carbons (Fsp3) is 0.536. The van der Waals surface area contributed by atoms with E-state index in [-0.39, 0.29) is 37.4 Å². The Balaban J connectivity index is 1.61. The Morgan fingerprint density at radius 3 is 2.51 bits per heavy atom. The van der Waals surface area contributed by atoms with Crippen molar-refractivity contribution in [3.63, 3.8) is 0 Å². The predicted molar refractivity (Wildman–Crippen MR) is 152 cm³/mol. The number of amides is 3. The summed E-state index contributed by atoms with van der Waals surface area (Å²) in [5.74, 6) is -1.14. The molecule has 13 heteroatoms. The van der Waals surface area contributed by atoms with Crippen molar-refractivity contribution in [3.8, 4) is 0 Å². The number of carbonyl (C=O) groups is 3. The molecule has 41 heavy (non-hydrogen) atoms. The summed E-state index contributed by atoms with van der Waals surface area (Å²) in [4.78, 5) is 42.3. The van der Waals surface area contributed by atoms with E-state index in [1.165, 1.54) is 11.0 Å². The molecule has 8 nitrogen and oxygen atoms in total. The lowest BCUT2D eigenvalue weighted by atomic mass is 9.94. The highest BCUT2D eigenvalue weighted by atomic mass is 35.5. The van der Waals surface area contributed by atoms with E-state index in [1.807, 2.05) is 25.7 Å². The summed E-state index contributed by atoms with van der Waals surface area (Å²) in [6, 6.07) is 5.64. The summed E-state index contributed by atoms with van der Waals surface area (Å²) >= 11 is 7.06. The van der Waals surface area contributed by atoms with Crippen molar-refractivity contribution < 1.29 is 32.3 Å². The molecule has 2 heterocycles. The standard InChI is InChI=1S/C28H34ClF3N4O4S/c1-27(2,3)16-35(14-17-4-5-17)21(13-33-26(39)22-8-9-23(29)41-22)25(38)34-20-7-6-18(12-19(20)28(30,31)32)36-10-11-40-15-24(36)37/h6-9,12,17,21H,4-5,10-11,13-16H2,1-3H3,(H,33,39)(H,34,38)/t21-/m1/s1. The second-order valence-electron chi connectivity index (χ2n) is 11.6. The number of rotatable bonds is 10. The van der Waals surface area contributed by atoms with E-state index in [0.29, 0.717) is 28.2 Å². The van der Waals surface area contributed by atoms with Crippen LogP contribution in [0.2, 0.25) is 4.34 Å². The number of nitrogens with one attached hydrogen (secondary N) is 2. The number of ether oxygens (including phenoxy) is 1. The van der Waals surface area contributed by atoms with Gasteiger partial charge in [0.15, 0.2) is 0 Å². The number of carbonyl (C=O) groups excluding carboxylic acids is 3. The van der Waals surface area contributed by atoms with Crippen LogP contribution in [-0.4, -0.2) is 68.1 Å². The third-order valence-corrected chi connectivity index (χ3v) is 7.96. The van der Waals surface area contributed by atoms with E-state index in [2.05, 4.69) is 10.6 Å². The van der Waals surface area contributed by atoms with Gasteiger partial charge in [0.2, 0.25) is 5.91 Å². The van der Waals surface area contributed by atoms with Gasteiger partial charge in [-0.1, -0.05) is 32.4 Å². The highest BCUT2D eigenvalue weighted by Gasteiger charge is 2.38. The second kappa shape index (κ2) is 12.7. The van der Waals surface area contributed by atoms with Gasteiger partial charge in [0.05, 0.1) is 27.1 Å². The lowest BCUT2D eigenvalue weighted by Crippen LogP contribution is -2.53. The lowest BCUT2D eigenvalue weighted by Gasteiger charge is -2.36. The van der Waals surface area contributed by atoms with Gasteiger partial charge in [0.25, 0.3) is 11.8 Å². The molecule has 0 spiro atoms. The summed E-state index contributed by atoms with van der Waals surface area (Å²) in [7, 11) is 0. The van der Waals surface area contributed by atoms with Crippen molar-refractivity contribution >= 4 is 52.0 Å². The first-order valence-electron chi connectivity index (χ1n) is 13.4. The second-order valence-corrected chi connectivity index (χ2v) is 13.3. The Labute approximate surface area is 246 Å². The molecule has 1 aromatic carbocycles. The number of benzene rings is 1. The van der Waals surface area contributed by atoms with Crippen LogP contribution in [0.4, 0.5) is 24.5 Å². The number of anilines is 2. The van der Waals surface area contributed by atoms with Gasteiger partial charge >= 0.3 is 6.18 Å². The Morgan fingerprint density at radius 2 is 1.93 bits per heavy atom. The van der Waals surface area contributed by atoms with Gasteiger partial charge in [0, 0.05) is 31.9 Å². The molecule has 1 aliphatic heterocycles. The highest BCUT2D eigenvalue weighted by Crippen LogP contribution is 2.38. The Morgan fingerprint density at radius 1 is 1.20 bits per heavy atom. The van der Waals surface area contributed by atoms with Crippen LogP contribution in [0.3, 0.4) is 0 Å². The number of morpholine rings is 1. The van der Waals surface area contributed by atoms with E-state index >= 15 is 0 Å². The average molecular weight is 615 g/mol. The first-order valence-corrected chi connectivity index (χ1v) is 14.6. The van der Waals surface area contributed by atoms with Gasteiger partial charge in [-0.2, -0.15) is 13.2 Å². The fourth-order valence-electron chi connectivity index (χ4n) is 4.69. The minimum Gasteiger partial charge on any atom is -0.370 e. The van der Waals surface area contributed by atoms with Crippen molar-refractivity contribution in [1.82, 2.24) is 10.2 Å². The van der Waals surface area contributed by atoms with Gasteiger partial charge in [-0.05, 0) is 54.5 Å². The van der Waals surface area contributed by atoms with Crippen LogP contribution in [0.15, 0.2) is 30.3 Å². The van der Waals surface area contributed by atoms with E-state index < -0.39 is 41.2 Å². The summed E-state index contributed by atoms with van der Waals surface area (Å²) in [6.45, 7) is 7.14. The summed E-state index contributed by atoms with van der Waals surface area (Å²) < 4.78 is 48.1. The summed E-state index contributed by atoms with van der Waals surface area (Å²) in [6.07, 6.45) is -2.78. The largest absolute Gasteiger partial charge is 0.418 e. The quantitative estimate of drug-likeness (QED) is 0.380. The van der Waals surface area contributed by atoms with Gasteiger partial charge < -0.3 is 20.3 Å². The normalized spacial score (nSPS) is 17.1. The predicted octanol–water partition coefficient (Wildman–Crippen LogP) is 5.28. The maximum Gasteiger partial charge on any atom is 0.418 e. The van der Waals surface area contributed by atoms with Crippen molar-refractivity contribution in [3.05, 3.63) is 45.1 Å². The molecule has 224 valence electrons. The SMILES string of the molecule is CC(C)(C)CN(CC1CC1)[C@H](CNC(=O)c1ccc(Cl)s1)C(=O)Nc1ccc(N2CCOCC2=O)cc1C(F)(F)F. The minimum atomic E-state index is -4.80. The number of thiophene rings is 1. The third-order valence-electron chi connectivity index (χ3n) is 6.73. The van der Waals surface area contributed by atoms with Gasteiger partial charge in [0.1, 0.15) is 12.6 Å². The Hall–Kier alpha value is -2.67. The van der Waals surface area contributed by atoms with E-state index in [1.54, 1.807) is 12.1 Å². The number of alkyl halides is 3. The number of halogens is 4. The molecule has 3 amide bonds. The highest BCUT2D eigenvalue weighted by molar-refractivity contribution is 7.18. The summed E-state index contributed by atoms with van der Waals surface area (Å²) in [5, 5.41) is 5.26. The molecule has 2 N–H and O–H groups in total. The van der Waals surface area contributed by atoms with Crippen LogP contribution < -0.4 is 15.5 Å². The maximum absolute atomic E-state index is 14.2. The fourth-order valence-corrected chi connectivity index (χ4v) is 5.65. The first-order chi connectivity index (χ1) is 19.2. The van der Waals surface area contributed by atoms with E-state index in [0.717, 1.165) is 36.3 Å². The van der Waals surface area contributed by atoms with Crippen molar-refractivity contribution in [2.24, 2.45) is 11.3 Å². The molecule has 0 radical (unpaired) electrons. The summed E-state index contributed by atoms with van der Waals surface area (Å²) in [5.41, 5.74) is -1.63. The van der Waals surface area contributed by atoms with Crippen LogP contribution in [0.5, 0.6) is 0 Å². The smallest absolute Gasteiger partial charge is 0.370 e. The van der Waals surface area contributed by atoms with Crippen LogP contribution in [0.1, 0.15) is 48.8 Å². The zero-order valence-electron chi connectivity index (χ0n) is 23.1. The third kappa shape index (κ3) is 8.67. The monoisotopic (exact) mass is 614 g/mol. The Bertz CT molecular complexity index is 1280. The van der Waals surface area contributed by atoms with Crippen molar-refractivity contribution in [2.45, 2.75) is 45.8 Å². The zero-order valence-corrected chi connectivity index (χ0v) is 24.7. The molecule has 1 atom stereocenters. The molecular weight excluding hydrogens is 581 g/mol. The molecule has 0 bridgehead atoms. The lowest BCUT2D eigenvalue weighted by molar-refractivity contribution is -0.137. The number of hydrogen-bond donors (Lipinski definition) is 2. The van der Waals surface area contributed by atoms with Gasteiger partial charge in [-0.15, -0.1) is 11.3 Å². The van der Waals surface area contributed by atoms with Gasteiger partial charge in [-0.3, -0.25) is 19.3 Å². The Kier molecular flexibility index (Phi) is 9.67. The van der Waals surface area contributed by atoms with Crippen LogP contribution in [0, 0.1) is 11.3 Å². The molecule has 2 fully saturated rings. The van der Waals surface area contributed by atoms with Crippen LogP contribution >= 0.6 is 22.9 Å². The van der Waals surface area contributed by atoms with Crippen molar-refractivity contribution in [1.29, 1.82) is 0 Å². The van der Waals surface area contributed by atoms with Crippen LogP contribution in [-0.2, 0) is 20.5 Å².